The molecule has 1 aliphatic rings. The van der Waals surface area contributed by atoms with Crippen molar-refractivity contribution in [1.82, 2.24) is 0 Å². The molecule has 0 radical (unpaired) electrons. The summed E-state index contributed by atoms with van der Waals surface area (Å²) in [4.78, 5) is 42.1. The largest absolute Gasteiger partial charge is 0.481 e. The molecule has 3 aromatic carbocycles. The standard InChI is InChI=1S/C26H22FN3O4/c1-15(31)30(2)20-9-7-19(8-10-20)28-25(17-5-3-4-16(12-17)13-23(32)33)24-21-11-6-18(27)14-22(21)29-26(24)34/h3-12,14,24H,13H2,1-2H3,(H,29,34)(H,32,33). The summed E-state index contributed by atoms with van der Waals surface area (Å²) in [5, 5.41) is 11.9. The highest BCUT2D eigenvalue weighted by Gasteiger charge is 2.35. The van der Waals surface area contributed by atoms with Crippen LogP contribution in [0.15, 0.2) is 71.7 Å². The summed E-state index contributed by atoms with van der Waals surface area (Å²) in [5.74, 6) is -2.71. The zero-order valence-corrected chi connectivity index (χ0v) is 18.6. The van der Waals surface area contributed by atoms with Crippen molar-refractivity contribution < 1.29 is 23.9 Å². The average Bonchev–Trinajstić information content (AvgIpc) is 3.11. The first-order valence-electron chi connectivity index (χ1n) is 10.6. The molecule has 4 rings (SSSR count). The van der Waals surface area contributed by atoms with Gasteiger partial charge < -0.3 is 15.3 Å². The Hall–Kier alpha value is -4.33. The smallest absolute Gasteiger partial charge is 0.307 e. The summed E-state index contributed by atoms with van der Waals surface area (Å²) in [7, 11) is 1.67. The van der Waals surface area contributed by atoms with Crippen molar-refractivity contribution in [2.75, 3.05) is 17.3 Å². The second-order valence-corrected chi connectivity index (χ2v) is 8.02. The van der Waals surface area contributed by atoms with Crippen molar-refractivity contribution in [2.45, 2.75) is 19.3 Å². The van der Waals surface area contributed by atoms with Crippen LogP contribution in [-0.4, -0.2) is 35.6 Å². The second-order valence-electron chi connectivity index (χ2n) is 8.02. The molecule has 0 aliphatic carbocycles. The number of rotatable bonds is 6. The highest BCUT2D eigenvalue weighted by molar-refractivity contribution is 6.24. The van der Waals surface area contributed by atoms with Gasteiger partial charge in [0.25, 0.3) is 0 Å². The van der Waals surface area contributed by atoms with Gasteiger partial charge in [0, 0.05) is 25.3 Å². The van der Waals surface area contributed by atoms with E-state index in [4.69, 9.17) is 4.99 Å². The number of hydrogen-bond donors (Lipinski definition) is 2. The highest BCUT2D eigenvalue weighted by atomic mass is 19.1. The minimum absolute atomic E-state index is 0.112. The van der Waals surface area contributed by atoms with Crippen molar-refractivity contribution in [3.8, 4) is 0 Å². The van der Waals surface area contributed by atoms with Gasteiger partial charge in [0.1, 0.15) is 11.7 Å². The molecule has 0 aromatic heterocycles. The number of hydrogen-bond acceptors (Lipinski definition) is 4. The third-order valence-corrected chi connectivity index (χ3v) is 5.66. The van der Waals surface area contributed by atoms with Crippen LogP contribution in [0.5, 0.6) is 0 Å². The number of aliphatic carboxylic acids is 1. The number of aliphatic imine (C=N–C) groups is 1. The molecule has 0 bridgehead atoms. The van der Waals surface area contributed by atoms with E-state index >= 15 is 0 Å². The number of carboxylic acid groups (broad SMARTS) is 1. The summed E-state index contributed by atoms with van der Waals surface area (Å²) in [6, 6.07) is 17.9. The Morgan fingerprint density at radius 2 is 1.82 bits per heavy atom. The quantitative estimate of drug-likeness (QED) is 0.537. The molecule has 8 heteroatoms. The van der Waals surface area contributed by atoms with Crippen LogP contribution in [0.4, 0.5) is 21.5 Å². The van der Waals surface area contributed by atoms with Crippen molar-refractivity contribution in [1.29, 1.82) is 0 Å². The SMILES string of the molecule is CC(=O)N(C)c1ccc(N=C(c2cccc(CC(=O)O)c2)C2C(=O)Nc3cc(F)ccc32)cc1. The average molecular weight is 459 g/mol. The summed E-state index contributed by atoms with van der Waals surface area (Å²) in [5.41, 5.74) is 3.75. The van der Waals surface area contributed by atoms with E-state index in [1.54, 1.807) is 61.6 Å². The first-order chi connectivity index (χ1) is 16.2. The van der Waals surface area contributed by atoms with Crippen molar-refractivity contribution in [3.05, 3.63) is 89.2 Å². The van der Waals surface area contributed by atoms with E-state index in [-0.39, 0.29) is 18.2 Å². The van der Waals surface area contributed by atoms with E-state index in [1.807, 2.05) is 0 Å². The van der Waals surface area contributed by atoms with Crippen LogP contribution in [0.25, 0.3) is 0 Å². The maximum absolute atomic E-state index is 13.8. The first-order valence-corrected chi connectivity index (χ1v) is 10.6. The molecular formula is C26H22FN3O4. The third-order valence-electron chi connectivity index (χ3n) is 5.66. The van der Waals surface area contributed by atoms with Crippen molar-refractivity contribution in [2.24, 2.45) is 4.99 Å². The van der Waals surface area contributed by atoms with Crippen LogP contribution in [0, 0.1) is 5.82 Å². The van der Waals surface area contributed by atoms with Gasteiger partial charge in [-0.05, 0) is 59.2 Å². The Kier molecular flexibility index (Phi) is 6.23. The Morgan fingerprint density at radius 3 is 2.50 bits per heavy atom. The second kappa shape index (κ2) is 9.27. The van der Waals surface area contributed by atoms with E-state index in [0.717, 1.165) is 0 Å². The van der Waals surface area contributed by atoms with Gasteiger partial charge in [-0.15, -0.1) is 0 Å². The molecule has 1 heterocycles. The number of nitrogens with zero attached hydrogens (tertiary/aromatic N) is 2. The van der Waals surface area contributed by atoms with Crippen LogP contribution < -0.4 is 10.2 Å². The highest BCUT2D eigenvalue weighted by Crippen LogP contribution is 2.37. The van der Waals surface area contributed by atoms with E-state index < -0.39 is 17.7 Å². The van der Waals surface area contributed by atoms with Crippen LogP contribution in [0.1, 0.15) is 29.5 Å². The number of carboxylic acids is 1. The zero-order valence-electron chi connectivity index (χ0n) is 18.6. The number of fused-ring (bicyclic) bond motifs is 1. The zero-order chi connectivity index (χ0) is 24.4. The van der Waals surface area contributed by atoms with Gasteiger partial charge in [0.15, 0.2) is 0 Å². The number of carbonyl (C=O) groups is 3. The lowest BCUT2D eigenvalue weighted by Gasteiger charge is -2.16. The third kappa shape index (κ3) is 4.71. The Balaban J connectivity index is 1.82. The van der Waals surface area contributed by atoms with Gasteiger partial charge in [-0.2, -0.15) is 0 Å². The molecular weight excluding hydrogens is 437 g/mol. The minimum atomic E-state index is -0.972. The van der Waals surface area contributed by atoms with Crippen molar-refractivity contribution >= 4 is 40.6 Å². The van der Waals surface area contributed by atoms with Gasteiger partial charge in [-0.25, -0.2) is 4.39 Å². The minimum Gasteiger partial charge on any atom is -0.481 e. The molecule has 0 spiro atoms. The van der Waals surface area contributed by atoms with Crippen molar-refractivity contribution in [3.63, 3.8) is 0 Å². The van der Waals surface area contributed by atoms with E-state index in [0.29, 0.717) is 39.5 Å². The number of halogens is 1. The molecule has 0 fully saturated rings. The summed E-state index contributed by atoms with van der Waals surface area (Å²) in [6.07, 6.45) is -0.175. The molecule has 3 aromatic rings. The van der Waals surface area contributed by atoms with Gasteiger partial charge >= 0.3 is 5.97 Å². The predicted molar refractivity (Wildman–Crippen MR) is 127 cm³/mol. The van der Waals surface area contributed by atoms with E-state index in [1.165, 1.54) is 24.0 Å². The topological polar surface area (TPSA) is 99.1 Å². The molecule has 34 heavy (non-hydrogen) atoms. The lowest BCUT2D eigenvalue weighted by atomic mass is 9.89. The maximum Gasteiger partial charge on any atom is 0.307 e. The van der Waals surface area contributed by atoms with Crippen LogP contribution in [0.3, 0.4) is 0 Å². The number of nitrogens with one attached hydrogen (secondary N) is 1. The Labute approximate surface area is 195 Å². The normalized spacial score (nSPS) is 15.0. The van der Waals surface area contributed by atoms with Crippen LogP contribution in [0.2, 0.25) is 0 Å². The Bertz CT molecular complexity index is 1320. The molecule has 1 unspecified atom stereocenters. The molecule has 1 aliphatic heterocycles. The lowest BCUT2D eigenvalue weighted by molar-refractivity contribution is -0.136. The molecule has 2 N–H and O–H groups in total. The number of benzene rings is 3. The van der Waals surface area contributed by atoms with Gasteiger partial charge in [-0.3, -0.25) is 19.4 Å². The monoisotopic (exact) mass is 459 g/mol. The lowest BCUT2D eigenvalue weighted by Crippen LogP contribution is -2.22. The number of anilines is 2. The van der Waals surface area contributed by atoms with Gasteiger partial charge in [-0.1, -0.05) is 24.3 Å². The number of carbonyl (C=O) groups excluding carboxylic acids is 2. The number of amides is 2. The Morgan fingerprint density at radius 1 is 1.09 bits per heavy atom. The van der Waals surface area contributed by atoms with Gasteiger partial charge in [0.2, 0.25) is 11.8 Å². The summed E-state index contributed by atoms with van der Waals surface area (Å²) in [6.45, 7) is 1.47. The first kappa shape index (κ1) is 22.8. The fraction of sp³-hybridized carbons (Fsp3) is 0.154. The van der Waals surface area contributed by atoms with E-state index in [2.05, 4.69) is 5.32 Å². The molecule has 2 amide bonds. The molecule has 172 valence electrons. The molecule has 7 nitrogen and oxygen atoms in total. The molecule has 1 atom stereocenters. The fourth-order valence-electron chi connectivity index (χ4n) is 3.89. The molecule has 0 saturated carbocycles. The fourth-order valence-corrected chi connectivity index (χ4v) is 3.89. The van der Waals surface area contributed by atoms with Crippen LogP contribution >= 0.6 is 0 Å². The summed E-state index contributed by atoms with van der Waals surface area (Å²) >= 11 is 0. The van der Waals surface area contributed by atoms with Crippen LogP contribution in [-0.2, 0) is 20.8 Å². The molecule has 0 saturated heterocycles. The summed E-state index contributed by atoms with van der Waals surface area (Å²) < 4.78 is 13.8. The predicted octanol–water partition coefficient (Wildman–Crippen LogP) is 4.29. The maximum atomic E-state index is 13.8. The van der Waals surface area contributed by atoms with Gasteiger partial charge in [0.05, 0.1) is 17.8 Å². The van der Waals surface area contributed by atoms with E-state index in [9.17, 15) is 23.9 Å².